The van der Waals surface area contributed by atoms with Crippen molar-refractivity contribution in [1.29, 1.82) is 0 Å². The monoisotopic (exact) mass is 301 g/mol. The average Bonchev–Trinajstić information content (AvgIpc) is 2.34. The van der Waals surface area contributed by atoms with Gasteiger partial charge in [0.05, 0.1) is 14.2 Å². The lowest BCUT2D eigenvalue weighted by Crippen LogP contribution is -2.62. The number of rotatable bonds is 4. The summed E-state index contributed by atoms with van der Waals surface area (Å²) < 4.78 is 9.29. The Kier molecular flexibility index (Phi) is 5.39. The van der Waals surface area contributed by atoms with E-state index in [0.29, 0.717) is 5.92 Å². The van der Waals surface area contributed by atoms with E-state index >= 15 is 0 Å². The Morgan fingerprint density at radius 2 is 1.38 bits per heavy atom. The second-order valence-corrected chi connectivity index (χ2v) is 6.96. The highest BCUT2D eigenvalue weighted by atomic mass is 16.7. The molecule has 1 aliphatic rings. The molecular weight excluding hydrogens is 274 g/mol. The zero-order chi connectivity index (χ0) is 16.4. The van der Waals surface area contributed by atoms with Crippen molar-refractivity contribution in [3.05, 3.63) is 0 Å². The topological polar surface area (TPSA) is 65.1 Å². The summed E-state index contributed by atoms with van der Waals surface area (Å²) in [6.45, 7) is 10.3. The Bertz CT molecular complexity index is 371. The molecule has 1 heterocycles. The Labute approximate surface area is 126 Å². The van der Waals surface area contributed by atoms with Gasteiger partial charge in [-0.3, -0.25) is 4.84 Å². The minimum absolute atomic E-state index is 0.304. The summed E-state index contributed by atoms with van der Waals surface area (Å²) in [5.41, 5.74) is -0.608. The van der Waals surface area contributed by atoms with Gasteiger partial charge in [0.15, 0.2) is 0 Å². The lowest BCUT2D eigenvalue weighted by atomic mass is 9.76. The van der Waals surface area contributed by atoms with Gasteiger partial charge in [0.25, 0.3) is 6.10 Å². The largest absolute Gasteiger partial charge is 0.467 e. The zero-order valence-electron chi connectivity index (χ0n) is 14.1. The van der Waals surface area contributed by atoms with Crippen molar-refractivity contribution >= 4 is 11.9 Å². The molecule has 0 N–H and O–H groups in total. The summed E-state index contributed by atoms with van der Waals surface area (Å²) >= 11 is 0. The van der Waals surface area contributed by atoms with Crippen LogP contribution in [0.3, 0.4) is 0 Å². The Hall–Kier alpha value is -1.14. The van der Waals surface area contributed by atoms with Crippen molar-refractivity contribution in [2.75, 3.05) is 14.2 Å². The number of methoxy groups -OCH3 is 2. The minimum atomic E-state index is -1.40. The summed E-state index contributed by atoms with van der Waals surface area (Å²) in [4.78, 5) is 29.4. The number of piperidine rings is 1. The van der Waals surface area contributed by atoms with E-state index in [0.717, 1.165) is 12.8 Å². The molecule has 0 atom stereocenters. The zero-order valence-corrected chi connectivity index (χ0v) is 14.1. The number of esters is 2. The molecule has 0 aromatic carbocycles. The normalized spacial score (nSPS) is 22.1. The van der Waals surface area contributed by atoms with Crippen molar-refractivity contribution in [2.24, 2.45) is 5.92 Å². The fourth-order valence-corrected chi connectivity index (χ4v) is 3.55. The third-order valence-electron chi connectivity index (χ3n) is 3.84. The SMILES string of the molecule is COC(=O)C(ON1C(C)(C)CC(C)CC1(C)C)C(=O)OC. The van der Waals surface area contributed by atoms with Crippen LogP contribution in [0.5, 0.6) is 0 Å². The Balaban J connectivity index is 3.04. The molecule has 6 heteroatoms. The maximum atomic E-state index is 11.8. The fraction of sp³-hybridized carbons (Fsp3) is 0.867. The lowest BCUT2D eigenvalue weighted by molar-refractivity contribution is -0.305. The first-order valence-electron chi connectivity index (χ1n) is 7.18. The number of carbonyl (C=O) groups excluding carboxylic acids is 2. The highest BCUT2D eigenvalue weighted by Crippen LogP contribution is 2.41. The van der Waals surface area contributed by atoms with Crippen LogP contribution in [0.2, 0.25) is 0 Å². The molecule has 122 valence electrons. The fourth-order valence-electron chi connectivity index (χ4n) is 3.55. The van der Waals surface area contributed by atoms with Crippen LogP contribution in [0.1, 0.15) is 47.5 Å². The molecule has 1 fully saturated rings. The molecule has 0 aromatic rings. The quantitative estimate of drug-likeness (QED) is 0.584. The third-order valence-corrected chi connectivity index (χ3v) is 3.84. The highest BCUT2D eigenvalue weighted by molar-refractivity contribution is 5.97. The van der Waals surface area contributed by atoms with E-state index in [1.807, 2.05) is 27.7 Å². The van der Waals surface area contributed by atoms with Gasteiger partial charge in [-0.1, -0.05) is 6.92 Å². The number of nitrogens with zero attached hydrogens (tertiary/aromatic N) is 1. The van der Waals surface area contributed by atoms with Gasteiger partial charge in [-0.2, -0.15) is 5.06 Å². The van der Waals surface area contributed by atoms with E-state index < -0.39 is 18.0 Å². The van der Waals surface area contributed by atoms with Crippen molar-refractivity contribution in [3.63, 3.8) is 0 Å². The second-order valence-electron chi connectivity index (χ2n) is 6.96. The smallest absolute Gasteiger partial charge is 0.348 e. The van der Waals surface area contributed by atoms with E-state index in [9.17, 15) is 9.59 Å². The second kappa shape index (κ2) is 6.32. The van der Waals surface area contributed by atoms with Gasteiger partial charge in [-0.15, -0.1) is 0 Å². The number of hydrogen-bond acceptors (Lipinski definition) is 6. The van der Waals surface area contributed by atoms with Crippen LogP contribution in [-0.4, -0.2) is 48.4 Å². The van der Waals surface area contributed by atoms with Crippen LogP contribution in [0.25, 0.3) is 0 Å². The maximum Gasteiger partial charge on any atom is 0.348 e. The summed E-state index contributed by atoms with van der Waals surface area (Å²) in [6.07, 6.45) is 0.420. The first kappa shape index (κ1) is 17.9. The highest BCUT2D eigenvalue weighted by Gasteiger charge is 2.48. The van der Waals surface area contributed by atoms with Gasteiger partial charge in [0.2, 0.25) is 0 Å². The molecule has 0 aromatic heterocycles. The predicted molar refractivity (Wildman–Crippen MR) is 77.3 cm³/mol. The number of ether oxygens (including phenoxy) is 2. The molecule has 21 heavy (non-hydrogen) atoms. The first-order chi connectivity index (χ1) is 9.55. The molecule has 0 amide bonds. The number of hydroxylamine groups is 2. The van der Waals surface area contributed by atoms with E-state index in [-0.39, 0.29) is 11.1 Å². The molecule has 0 aliphatic carbocycles. The molecule has 1 saturated heterocycles. The summed E-state index contributed by atoms with van der Waals surface area (Å²) in [7, 11) is 2.44. The van der Waals surface area contributed by atoms with Gasteiger partial charge in [0, 0.05) is 11.1 Å². The van der Waals surface area contributed by atoms with Crippen LogP contribution in [0.15, 0.2) is 0 Å². The molecular formula is C15H27NO5. The van der Waals surface area contributed by atoms with E-state index in [1.54, 1.807) is 5.06 Å². The Morgan fingerprint density at radius 3 is 1.71 bits per heavy atom. The van der Waals surface area contributed by atoms with Crippen LogP contribution in [-0.2, 0) is 23.9 Å². The lowest BCUT2D eigenvalue weighted by Gasteiger charge is -2.53. The predicted octanol–water partition coefficient (Wildman–Crippen LogP) is 1.92. The molecule has 0 saturated carbocycles. The van der Waals surface area contributed by atoms with Gasteiger partial charge in [-0.05, 0) is 46.5 Å². The maximum absolute atomic E-state index is 11.8. The van der Waals surface area contributed by atoms with Crippen molar-refractivity contribution in [1.82, 2.24) is 5.06 Å². The number of hydrogen-bond donors (Lipinski definition) is 0. The molecule has 0 unspecified atom stereocenters. The molecule has 0 spiro atoms. The third kappa shape index (κ3) is 3.95. The van der Waals surface area contributed by atoms with Crippen LogP contribution < -0.4 is 0 Å². The first-order valence-corrected chi connectivity index (χ1v) is 7.18. The molecule has 0 radical (unpaired) electrons. The van der Waals surface area contributed by atoms with Crippen LogP contribution in [0.4, 0.5) is 0 Å². The van der Waals surface area contributed by atoms with Gasteiger partial charge in [0.1, 0.15) is 0 Å². The Morgan fingerprint density at radius 1 is 1.00 bits per heavy atom. The summed E-state index contributed by atoms with van der Waals surface area (Å²) in [5, 5.41) is 1.75. The van der Waals surface area contributed by atoms with Crippen molar-refractivity contribution in [3.8, 4) is 0 Å². The van der Waals surface area contributed by atoms with E-state index in [1.165, 1.54) is 14.2 Å². The number of carbonyl (C=O) groups is 2. The van der Waals surface area contributed by atoms with E-state index in [4.69, 9.17) is 4.84 Å². The molecule has 6 nitrogen and oxygen atoms in total. The van der Waals surface area contributed by atoms with Crippen LogP contribution >= 0.6 is 0 Å². The average molecular weight is 301 g/mol. The standard InChI is InChI=1S/C15H27NO5/c1-10-8-14(2,3)16(15(4,5)9-10)21-11(12(17)19-6)13(18)20-7/h10-11H,8-9H2,1-7H3. The van der Waals surface area contributed by atoms with Crippen LogP contribution in [0, 0.1) is 5.92 Å². The van der Waals surface area contributed by atoms with Gasteiger partial charge < -0.3 is 9.47 Å². The summed E-state index contributed by atoms with van der Waals surface area (Å²) in [6, 6.07) is 0. The summed E-state index contributed by atoms with van der Waals surface area (Å²) in [5.74, 6) is -0.983. The molecule has 0 bridgehead atoms. The van der Waals surface area contributed by atoms with Gasteiger partial charge >= 0.3 is 11.9 Å². The van der Waals surface area contributed by atoms with Crippen molar-refractivity contribution < 1.29 is 23.9 Å². The van der Waals surface area contributed by atoms with Crippen molar-refractivity contribution in [2.45, 2.75) is 64.6 Å². The molecule has 1 aliphatic heterocycles. The van der Waals surface area contributed by atoms with E-state index in [2.05, 4.69) is 16.4 Å². The minimum Gasteiger partial charge on any atom is -0.467 e. The van der Waals surface area contributed by atoms with Gasteiger partial charge in [-0.25, -0.2) is 9.59 Å². The molecule has 1 rings (SSSR count).